The fourth-order valence-electron chi connectivity index (χ4n) is 3.37. The molecular formula is C23H35N3O2. The van der Waals surface area contributed by atoms with Crippen LogP contribution in [0.25, 0.3) is 0 Å². The summed E-state index contributed by atoms with van der Waals surface area (Å²) in [7, 11) is 0. The number of carbonyl (C=O) groups excluding carboxylic acids is 2. The molecule has 0 heterocycles. The summed E-state index contributed by atoms with van der Waals surface area (Å²) in [5.74, 6) is -0.283. The Labute approximate surface area is 169 Å². The fraction of sp³-hybridized carbons (Fsp3) is 0.565. The number of allylic oxidation sites excluding steroid dienone is 2. The summed E-state index contributed by atoms with van der Waals surface area (Å²) in [5, 5.41) is 8.89. The number of rotatable bonds is 12. The zero-order valence-corrected chi connectivity index (χ0v) is 17.6. The number of hydrogen-bond donors (Lipinski definition) is 3. The molecule has 1 saturated carbocycles. The van der Waals surface area contributed by atoms with Crippen molar-refractivity contribution < 1.29 is 9.59 Å². The monoisotopic (exact) mass is 385 g/mol. The van der Waals surface area contributed by atoms with E-state index < -0.39 is 6.04 Å². The number of carbonyl (C=O) groups is 2. The predicted octanol–water partition coefficient (Wildman–Crippen LogP) is 3.24. The van der Waals surface area contributed by atoms with Crippen molar-refractivity contribution >= 4 is 11.8 Å². The van der Waals surface area contributed by atoms with Gasteiger partial charge in [0, 0.05) is 12.2 Å². The van der Waals surface area contributed by atoms with Gasteiger partial charge < -0.3 is 16.0 Å². The summed E-state index contributed by atoms with van der Waals surface area (Å²) >= 11 is 0. The van der Waals surface area contributed by atoms with Crippen LogP contribution >= 0.6 is 0 Å². The first-order chi connectivity index (χ1) is 13.5. The van der Waals surface area contributed by atoms with Gasteiger partial charge in [0.2, 0.25) is 11.8 Å². The Bertz CT molecular complexity index is 691. The molecule has 1 aromatic carbocycles. The molecule has 0 saturated heterocycles. The van der Waals surface area contributed by atoms with Crippen molar-refractivity contribution in [2.75, 3.05) is 13.1 Å². The molecule has 28 heavy (non-hydrogen) atoms. The highest BCUT2D eigenvalue weighted by Gasteiger charge is 2.18. The summed E-state index contributed by atoms with van der Waals surface area (Å²) in [6, 6.07) is 7.98. The molecule has 0 radical (unpaired) electrons. The van der Waals surface area contributed by atoms with E-state index in [1.165, 1.54) is 22.4 Å². The van der Waals surface area contributed by atoms with Crippen molar-refractivity contribution in [3.63, 3.8) is 0 Å². The van der Waals surface area contributed by atoms with Crippen LogP contribution in [-0.4, -0.2) is 30.9 Å². The van der Waals surface area contributed by atoms with Gasteiger partial charge in [0.25, 0.3) is 0 Å². The Morgan fingerprint density at radius 3 is 2.32 bits per heavy atom. The standard InChI is InChI=1S/C23H35N3O2/c1-4-9-18-10-6-7-11-19(18)12-8-15-24-23(28)17(3)26-22(27)16-25-21(5-2)20-13-14-20/h6-7,10-11,17,25H,4-5,8-9,12-16H2,1-3H3,(H,24,28)(H,26,27). The average Bonchev–Trinajstić information content (AvgIpc) is 3.52. The van der Waals surface area contributed by atoms with Crippen LogP contribution in [-0.2, 0) is 22.4 Å². The second-order valence-electron chi connectivity index (χ2n) is 7.49. The SMILES string of the molecule is CCCc1ccccc1CCCNC(=O)C(C)NC(=O)CNC(CC)=C1CC1. The second kappa shape index (κ2) is 11.5. The first-order valence-corrected chi connectivity index (χ1v) is 10.6. The van der Waals surface area contributed by atoms with Gasteiger partial charge in [-0.15, -0.1) is 0 Å². The summed E-state index contributed by atoms with van der Waals surface area (Å²) in [6.07, 6.45) is 7.27. The molecular weight excluding hydrogens is 350 g/mol. The summed E-state index contributed by atoms with van der Waals surface area (Å²) < 4.78 is 0. The minimum atomic E-state index is -0.527. The maximum Gasteiger partial charge on any atom is 0.242 e. The number of benzene rings is 1. The third kappa shape index (κ3) is 7.37. The van der Waals surface area contributed by atoms with Crippen LogP contribution in [0.5, 0.6) is 0 Å². The molecule has 1 aromatic rings. The molecule has 3 N–H and O–H groups in total. The number of aryl methyl sites for hydroxylation is 2. The lowest BCUT2D eigenvalue weighted by atomic mass is 9.99. The molecule has 1 aliphatic carbocycles. The molecule has 2 amide bonds. The van der Waals surface area contributed by atoms with Crippen LogP contribution in [0, 0.1) is 0 Å². The van der Waals surface area contributed by atoms with Gasteiger partial charge in [0.05, 0.1) is 6.54 Å². The molecule has 0 bridgehead atoms. The quantitative estimate of drug-likeness (QED) is 0.484. The second-order valence-corrected chi connectivity index (χ2v) is 7.49. The topological polar surface area (TPSA) is 70.2 Å². The van der Waals surface area contributed by atoms with Crippen molar-refractivity contribution in [3.8, 4) is 0 Å². The van der Waals surface area contributed by atoms with Gasteiger partial charge >= 0.3 is 0 Å². The molecule has 2 rings (SSSR count). The molecule has 0 aromatic heterocycles. The highest BCUT2D eigenvalue weighted by molar-refractivity contribution is 5.88. The zero-order chi connectivity index (χ0) is 20.4. The van der Waals surface area contributed by atoms with Crippen LogP contribution < -0.4 is 16.0 Å². The average molecular weight is 386 g/mol. The van der Waals surface area contributed by atoms with Crippen molar-refractivity contribution in [3.05, 3.63) is 46.7 Å². The van der Waals surface area contributed by atoms with Crippen molar-refractivity contribution in [1.82, 2.24) is 16.0 Å². The minimum Gasteiger partial charge on any atom is -0.380 e. The van der Waals surface area contributed by atoms with E-state index >= 15 is 0 Å². The van der Waals surface area contributed by atoms with E-state index in [9.17, 15) is 9.59 Å². The van der Waals surface area contributed by atoms with Gasteiger partial charge in [-0.3, -0.25) is 9.59 Å². The van der Waals surface area contributed by atoms with Crippen LogP contribution in [0.3, 0.4) is 0 Å². The van der Waals surface area contributed by atoms with Gasteiger partial charge in [-0.25, -0.2) is 0 Å². The fourth-order valence-corrected chi connectivity index (χ4v) is 3.37. The Kier molecular flexibility index (Phi) is 9.05. The number of amides is 2. The molecule has 5 nitrogen and oxygen atoms in total. The highest BCUT2D eigenvalue weighted by atomic mass is 16.2. The van der Waals surface area contributed by atoms with E-state index in [4.69, 9.17) is 0 Å². The van der Waals surface area contributed by atoms with Gasteiger partial charge in [-0.1, -0.05) is 50.1 Å². The van der Waals surface area contributed by atoms with E-state index in [-0.39, 0.29) is 18.4 Å². The van der Waals surface area contributed by atoms with Crippen molar-refractivity contribution in [1.29, 1.82) is 0 Å². The van der Waals surface area contributed by atoms with Crippen LogP contribution in [0.4, 0.5) is 0 Å². The molecule has 154 valence electrons. The van der Waals surface area contributed by atoms with Crippen LogP contribution in [0.2, 0.25) is 0 Å². The van der Waals surface area contributed by atoms with Crippen molar-refractivity contribution in [2.24, 2.45) is 0 Å². The molecule has 1 fully saturated rings. The van der Waals surface area contributed by atoms with Crippen molar-refractivity contribution in [2.45, 2.75) is 71.8 Å². The number of hydrogen-bond acceptors (Lipinski definition) is 3. The summed E-state index contributed by atoms with van der Waals surface area (Å²) in [6.45, 7) is 6.84. The van der Waals surface area contributed by atoms with Crippen LogP contribution in [0.15, 0.2) is 35.5 Å². The smallest absolute Gasteiger partial charge is 0.242 e. The first-order valence-electron chi connectivity index (χ1n) is 10.6. The highest BCUT2D eigenvalue weighted by Crippen LogP contribution is 2.31. The molecule has 1 aliphatic rings. The lowest BCUT2D eigenvalue weighted by Crippen LogP contribution is -2.47. The van der Waals surface area contributed by atoms with E-state index in [2.05, 4.69) is 54.1 Å². The first kappa shape index (κ1) is 22.0. The molecule has 1 atom stereocenters. The van der Waals surface area contributed by atoms with E-state index in [0.29, 0.717) is 6.54 Å². The van der Waals surface area contributed by atoms with Gasteiger partial charge in [0.1, 0.15) is 6.04 Å². The number of nitrogens with one attached hydrogen (secondary N) is 3. The van der Waals surface area contributed by atoms with E-state index in [1.54, 1.807) is 6.92 Å². The summed E-state index contributed by atoms with van der Waals surface area (Å²) in [4.78, 5) is 24.3. The van der Waals surface area contributed by atoms with Gasteiger partial charge in [0.15, 0.2) is 0 Å². The lowest BCUT2D eigenvalue weighted by Gasteiger charge is -2.15. The third-order valence-electron chi connectivity index (χ3n) is 5.07. The van der Waals surface area contributed by atoms with E-state index in [0.717, 1.165) is 44.9 Å². The van der Waals surface area contributed by atoms with Gasteiger partial charge in [-0.2, -0.15) is 0 Å². The third-order valence-corrected chi connectivity index (χ3v) is 5.07. The molecule has 0 spiro atoms. The Balaban J connectivity index is 1.65. The predicted molar refractivity (Wildman–Crippen MR) is 114 cm³/mol. The largest absolute Gasteiger partial charge is 0.380 e. The maximum atomic E-state index is 12.2. The molecule has 0 aliphatic heterocycles. The zero-order valence-electron chi connectivity index (χ0n) is 17.6. The Morgan fingerprint density at radius 1 is 1.04 bits per heavy atom. The Morgan fingerprint density at radius 2 is 1.71 bits per heavy atom. The van der Waals surface area contributed by atoms with E-state index in [1.807, 2.05) is 0 Å². The lowest BCUT2D eigenvalue weighted by molar-refractivity contribution is -0.128. The summed E-state index contributed by atoms with van der Waals surface area (Å²) in [5.41, 5.74) is 5.36. The normalized spacial score (nSPS) is 13.6. The molecule has 5 heteroatoms. The maximum absolute atomic E-state index is 12.2. The Hall–Kier alpha value is -2.30. The van der Waals surface area contributed by atoms with Gasteiger partial charge in [-0.05, 0) is 56.6 Å². The van der Waals surface area contributed by atoms with Crippen LogP contribution in [0.1, 0.15) is 64.0 Å². The molecule has 1 unspecified atom stereocenters. The minimum absolute atomic E-state index is 0.133.